The van der Waals surface area contributed by atoms with Crippen LogP contribution in [-0.4, -0.2) is 38.2 Å². The van der Waals surface area contributed by atoms with E-state index in [0.717, 1.165) is 18.4 Å². The monoisotopic (exact) mass is 498 g/mol. The minimum Gasteiger partial charge on any atom is -0.463 e. The number of amides is 2. The Hall–Kier alpha value is -4.02. The van der Waals surface area contributed by atoms with Gasteiger partial charge in [0.15, 0.2) is 5.69 Å². The number of nitrogens with one attached hydrogen (secondary N) is 2. The van der Waals surface area contributed by atoms with Crippen molar-refractivity contribution in [1.29, 1.82) is 0 Å². The predicted molar refractivity (Wildman–Crippen MR) is 132 cm³/mol. The van der Waals surface area contributed by atoms with Crippen LogP contribution in [0.5, 0.6) is 5.75 Å². The number of carbonyl (C=O) groups excluding carboxylic acids is 2. The summed E-state index contributed by atoms with van der Waals surface area (Å²) in [5.41, 5.74) is 1.27. The molecule has 0 aliphatic heterocycles. The van der Waals surface area contributed by atoms with Crippen molar-refractivity contribution in [2.45, 2.75) is 52.7 Å². The van der Waals surface area contributed by atoms with E-state index in [2.05, 4.69) is 20.9 Å². The molecular formula is C25H31FN6O4. The zero-order valence-corrected chi connectivity index (χ0v) is 20.4. The Kier molecular flexibility index (Phi) is 9.73. The average molecular weight is 499 g/mol. The van der Waals surface area contributed by atoms with Crippen molar-refractivity contribution in [2.24, 2.45) is 5.92 Å². The van der Waals surface area contributed by atoms with Crippen LogP contribution in [0.1, 0.15) is 49.2 Å². The first-order chi connectivity index (χ1) is 17.3. The molecule has 192 valence electrons. The molecule has 2 amide bonds. The number of rotatable bonds is 13. The number of aryl methyl sites for hydroxylation is 2. The van der Waals surface area contributed by atoms with Crippen LogP contribution in [0.15, 0.2) is 53.6 Å². The predicted octanol–water partition coefficient (Wildman–Crippen LogP) is 3.14. The molecule has 0 unspecified atom stereocenters. The Morgan fingerprint density at radius 3 is 2.69 bits per heavy atom. The molecule has 2 N–H and O–H groups in total. The number of anilines is 1. The minimum atomic E-state index is -0.917. The Morgan fingerprint density at radius 2 is 1.94 bits per heavy atom. The highest BCUT2D eigenvalue weighted by atomic mass is 19.1. The van der Waals surface area contributed by atoms with Gasteiger partial charge in [-0.15, -0.1) is 5.10 Å². The first-order valence-corrected chi connectivity index (χ1v) is 11.8. The number of halogens is 1. The van der Waals surface area contributed by atoms with E-state index < -0.39 is 6.86 Å². The number of aromatic nitrogens is 4. The highest BCUT2D eigenvalue weighted by Gasteiger charge is 2.11. The molecule has 2 aromatic heterocycles. The van der Waals surface area contributed by atoms with E-state index in [1.807, 2.05) is 13.8 Å². The maximum atomic E-state index is 12.4. The molecule has 3 aromatic rings. The van der Waals surface area contributed by atoms with E-state index >= 15 is 0 Å². The molecule has 11 heteroatoms. The highest BCUT2D eigenvalue weighted by molar-refractivity contribution is 5.91. The Morgan fingerprint density at radius 1 is 1.14 bits per heavy atom. The fraction of sp³-hybridized carbons (Fsp3) is 0.400. The Bertz CT molecular complexity index is 1220. The summed E-state index contributed by atoms with van der Waals surface area (Å²) in [6.45, 7) is 4.31. The number of hydrogen-bond donors (Lipinski definition) is 2. The molecular weight excluding hydrogens is 467 g/mol. The van der Waals surface area contributed by atoms with Crippen molar-refractivity contribution >= 4 is 17.5 Å². The van der Waals surface area contributed by atoms with Crippen molar-refractivity contribution in [3.05, 3.63) is 70.4 Å². The number of pyridine rings is 1. The number of hydrogen-bond acceptors (Lipinski definition) is 6. The summed E-state index contributed by atoms with van der Waals surface area (Å²) < 4.78 is 20.3. The third-order valence-electron chi connectivity index (χ3n) is 5.25. The third kappa shape index (κ3) is 8.33. The molecule has 0 fully saturated rings. The van der Waals surface area contributed by atoms with Crippen LogP contribution in [0.4, 0.5) is 10.1 Å². The van der Waals surface area contributed by atoms with Gasteiger partial charge < -0.3 is 19.9 Å². The number of carbonyl (C=O) groups is 2. The zero-order chi connectivity index (χ0) is 25.9. The minimum absolute atomic E-state index is 0.111. The smallest absolute Gasteiger partial charge is 0.273 e. The first-order valence-electron chi connectivity index (χ1n) is 11.8. The molecule has 0 aliphatic rings. The number of ether oxygens (including phenoxy) is 1. The van der Waals surface area contributed by atoms with Gasteiger partial charge in [0.25, 0.3) is 11.5 Å². The van der Waals surface area contributed by atoms with Crippen LogP contribution >= 0.6 is 0 Å². The molecule has 0 saturated heterocycles. The maximum Gasteiger partial charge on any atom is 0.273 e. The van der Waals surface area contributed by atoms with E-state index in [4.69, 9.17) is 4.74 Å². The van der Waals surface area contributed by atoms with Crippen LogP contribution in [0.2, 0.25) is 0 Å². The lowest BCUT2D eigenvalue weighted by Gasteiger charge is -2.09. The summed E-state index contributed by atoms with van der Waals surface area (Å²) in [4.78, 5) is 36.5. The summed E-state index contributed by atoms with van der Waals surface area (Å²) >= 11 is 0. The Balaban J connectivity index is 1.41. The second-order valence-corrected chi connectivity index (χ2v) is 8.75. The second-order valence-electron chi connectivity index (χ2n) is 8.75. The summed E-state index contributed by atoms with van der Waals surface area (Å²) in [5.74, 6) is 0.153. The molecule has 0 saturated carbocycles. The van der Waals surface area contributed by atoms with Crippen LogP contribution < -0.4 is 20.9 Å². The van der Waals surface area contributed by atoms with E-state index in [-0.39, 0.29) is 35.5 Å². The van der Waals surface area contributed by atoms with Gasteiger partial charge in [-0.2, -0.15) is 0 Å². The number of unbranched alkanes of at least 4 members (excludes halogenated alkanes) is 1. The van der Waals surface area contributed by atoms with Gasteiger partial charge in [-0.05, 0) is 42.5 Å². The standard InChI is InChI=1S/C25H31FN6O4/c1-18(2)12-23(33)28-20-8-11-31(24(34)14-20)9-3-4-10-32-16-22(29-30-32)25(35)27-15-19-6-5-7-21(13-19)36-17-26/h5-8,11,13-14,16,18H,3-4,9-10,12,15,17H2,1-2H3,(H,27,35)(H,28,33). The zero-order valence-electron chi connectivity index (χ0n) is 20.4. The largest absolute Gasteiger partial charge is 0.463 e. The molecule has 0 radical (unpaired) electrons. The molecule has 0 aliphatic carbocycles. The van der Waals surface area contributed by atoms with E-state index in [0.29, 0.717) is 30.9 Å². The summed E-state index contributed by atoms with van der Waals surface area (Å²) in [5, 5.41) is 13.4. The van der Waals surface area contributed by atoms with Gasteiger partial charge >= 0.3 is 0 Å². The van der Waals surface area contributed by atoms with Crippen molar-refractivity contribution in [2.75, 3.05) is 12.2 Å². The van der Waals surface area contributed by atoms with E-state index in [1.165, 1.54) is 6.07 Å². The van der Waals surface area contributed by atoms with E-state index in [9.17, 15) is 18.8 Å². The van der Waals surface area contributed by atoms with Crippen molar-refractivity contribution in [1.82, 2.24) is 24.9 Å². The van der Waals surface area contributed by atoms with Crippen LogP contribution in [0, 0.1) is 5.92 Å². The van der Waals surface area contributed by atoms with E-state index in [1.54, 1.807) is 52.0 Å². The Labute approximate surface area is 208 Å². The van der Waals surface area contributed by atoms with Crippen molar-refractivity contribution in [3.63, 3.8) is 0 Å². The molecule has 36 heavy (non-hydrogen) atoms. The van der Waals surface area contributed by atoms with Gasteiger partial charge in [0.05, 0.1) is 6.20 Å². The van der Waals surface area contributed by atoms with Gasteiger partial charge in [0.1, 0.15) is 5.75 Å². The number of benzene rings is 1. The van der Waals surface area contributed by atoms with Crippen LogP contribution in [0.3, 0.4) is 0 Å². The molecule has 0 atom stereocenters. The molecule has 2 heterocycles. The van der Waals surface area contributed by atoms with Gasteiger partial charge in [0.2, 0.25) is 12.8 Å². The molecule has 0 spiro atoms. The van der Waals surface area contributed by atoms with Gasteiger partial charge in [-0.25, -0.2) is 4.39 Å². The maximum absolute atomic E-state index is 12.4. The van der Waals surface area contributed by atoms with Gasteiger partial charge in [-0.1, -0.05) is 31.2 Å². The van der Waals surface area contributed by atoms with Crippen molar-refractivity contribution in [3.8, 4) is 5.75 Å². The van der Waals surface area contributed by atoms with Gasteiger partial charge in [0, 0.05) is 44.0 Å². The molecule has 1 aromatic carbocycles. The quantitative estimate of drug-likeness (QED) is 0.350. The van der Waals surface area contributed by atoms with Crippen LogP contribution in [0.25, 0.3) is 0 Å². The lowest BCUT2D eigenvalue weighted by Crippen LogP contribution is -2.23. The lowest BCUT2D eigenvalue weighted by molar-refractivity contribution is -0.116. The second kappa shape index (κ2) is 13.2. The lowest BCUT2D eigenvalue weighted by atomic mass is 10.1. The first kappa shape index (κ1) is 26.6. The molecule has 10 nitrogen and oxygen atoms in total. The normalized spacial score (nSPS) is 10.9. The number of alkyl halides is 1. The number of nitrogens with zero attached hydrogens (tertiary/aromatic N) is 4. The van der Waals surface area contributed by atoms with Crippen LogP contribution in [-0.2, 0) is 24.4 Å². The van der Waals surface area contributed by atoms with Gasteiger partial charge in [-0.3, -0.25) is 19.1 Å². The highest BCUT2D eigenvalue weighted by Crippen LogP contribution is 2.13. The molecule has 3 rings (SSSR count). The summed E-state index contributed by atoms with van der Waals surface area (Å²) in [6.07, 6.45) is 5.09. The summed E-state index contributed by atoms with van der Waals surface area (Å²) in [6, 6.07) is 9.94. The average Bonchev–Trinajstić information content (AvgIpc) is 3.30. The fourth-order valence-corrected chi connectivity index (χ4v) is 3.50. The molecule has 0 bridgehead atoms. The van der Waals surface area contributed by atoms with Crippen molar-refractivity contribution < 1.29 is 18.7 Å². The summed E-state index contributed by atoms with van der Waals surface area (Å²) in [7, 11) is 0. The topological polar surface area (TPSA) is 120 Å². The fourth-order valence-electron chi connectivity index (χ4n) is 3.50. The third-order valence-corrected chi connectivity index (χ3v) is 5.25. The SMILES string of the molecule is CC(C)CC(=O)Nc1ccn(CCCCn2cc(C(=O)NCc3cccc(OCF)c3)nn2)c(=O)c1.